The first-order chi connectivity index (χ1) is 10.1. The second kappa shape index (κ2) is 5.20. The second-order valence-corrected chi connectivity index (χ2v) is 5.52. The maximum Gasteiger partial charge on any atom is 0.322 e. The molecule has 0 bridgehead atoms. The summed E-state index contributed by atoms with van der Waals surface area (Å²) >= 11 is 0. The quantitative estimate of drug-likeness (QED) is 0.818. The van der Waals surface area contributed by atoms with E-state index in [0.29, 0.717) is 18.9 Å². The van der Waals surface area contributed by atoms with Gasteiger partial charge in [0, 0.05) is 24.6 Å². The van der Waals surface area contributed by atoms with Crippen molar-refractivity contribution in [3.05, 3.63) is 29.8 Å². The molecule has 1 aromatic rings. The largest absolute Gasteiger partial charge is 0.326 e. The number of rotatable bonds is 3. The van der Waals surface area contributed by atoms with Gasteiger partial charge in [0.25, 0.3) is 5.91 Å². The summed E-state index contributed by atoms with van der Waals surface area (Å²) in [5.74, 6) is -0.0524. The number of anilines is 1. The Labute approximate surface area is 122 Å². The van der Waals surface area contributed by atoms with Crippen molar-refractivity contribution in [3.63, 3.8) is 0 Å². The fourth-order valence-corrected chi connectivity index (χ4v) is 2.92. The zero-order valence-electron chi connectivity index (χ0n) is 11.8. The molecule has 4 amide bonds. The maximum atomic E-state index is 12.4. The summed E-state index contributed by atoms with van der Waals surface area (Å²) in [7, 11) is 0. The van der Waals surface area contributed by atoms with Crippen LogP contribution in [0.2, 0.25) is 0 Å². The van der Waals surface area contributed by atoms with Crippen molar-refractivity contribution < 1.29 is 14.4 Å². The molecule has 1 saturated heterocycles. The topological polar surface area (TPSA) is 78.5 Å². The van der Waals surface area contributed by atoms with Crippen molar-refractivity contribution in [1.82, 2.24) is 10.6 Å². The molecule has 2 heterocycles. The summed E-state index contributed by atoms with van der Waals surface area (Å²) in [6, 6.07) is 6.79. The minimum absolute atomic E-state index is 0.0132. The van der Waals surface area contributed by atoms with Crippen LogP contribution in [0.25, 0.3) is 0 Å². The van der Waals surface area contributed by atoms with Crippen LogP contribution in [-0.4, -0.2) is 30.4 Å². The molecular weight excluding hydrogens is 270 g/mol. The Hall–Kier alpha value is -2.37. The van der Waals surface area contributed by atoms with E-state index >= 15 is 0 Å². The first-order valence-corrected chi connectivity index (χ1v) is 7.07. The highest BCUT2D eigenvalue weighted by Gasteiger charge is 2.32. The Bertz CT molecular complexity index is 614. The lowest BCUT2D eigenvalue weighted by molar-refractivity contribution is -0.121. The van der Waals surface area contributed by atoms with E-state index in [4.69, 9.17) is 0 Å². The molecule has 0 unspecified atom stereocenters. The van der Waals surface area contributed by atoms with Crippen LogP contribution < -0.4 is 15.5 Å². The fraction of sp³-hybridized carbons (Fsp3) is 0.400. The number of hydrogen-bond acceptors (Lipinski definition) is 3. The summed E-state index contributed by atoms with van der Waals surface area (Å²) in [6.07, 6.45) is 0.558. The minimum atomic E-state index is -0.600. The Balaban J connectivity index is 1.65. The van der Waals surface area contributed by atoms with Crippen molar-refractivity contribution in [2.24, 2.45) is 0 Å². The predicted molar refractivity (Wildman–Crippen MR) is 76.9 cm³/mol. The number of urea groups is 1. The molecule has 2 aliphatic heterocycles. The number of nitrogens with zero attached hydrogens (tertiary/aromatic N) is 1. The monoisotopic (exact) mass is 287 g/mol. The van der Waals surface area contributed by atoms with Crippen LogP contribution in [0.4, 0.5) is 10.5 Å². The summed E-state index contributed by atoms with van der Waals surface area (Å²) in [6.45, 7) is 2.76. The molecular formula is C15H17N3O3. The van der Waals surface area contributed by atoms with E-state index in [0.717, 1.165) is 5.69 Å². The van der Waals surface area contributed by atoms with E-state index in [1.165, 1.54) is 5.56 Å². The lowest BCUT2D eigenvalue weighted by Gasteiger charge is -2.18. The molecule has 0 aliphatic carbocycles. The fourth-order valence-electron chi connectivity index (χ4n) is 2.92. The predicted octanol–water partition coefficient (Wildman–Crippen LogP) is 1.12. The van der Waals surface area contributed by atoms with Crippen LogP contribution in [0.3, 0.4) is 0 Å². The van der Waals surface area contributed by atoms with Gasteiger partial charge in [-0.05, 0) is 18.1 Å². The highest BCUT2D eigenvalue weighted by Crippen LogP contribution is 2.36. The van der Waals surface area contributed by atoms with Gasteiger partial charge in [0.05, 0.1) is 0 Å². The third kappa shape index (κ3) is 2.49. The molecule has 2 aliphatic rings. The molecule has 21 heavy (non-hydrogen) atoms. The van der Waals surface area contributed by atoms with Crippen molar-refractivity contribution >= 4 is 23.5 Å². The Morgan fingerprint density at radius 1 is 1.33 bits per heavy atom. The van der Waals surface area contributed by atoms with Crippen LogP contribution in [-0.2, 0) is 9.59 Å². The number of fused-ring (bicyclic) bond motifs is 1. The van der Waals surface area contributed by atoms with Gasteiger partial charge in [-0.15, -0.1) is 0 Å². The van der Waals surface area contributed by atoms with E-state index in [-0.39, 0.29) is 18.2 Å². The van der Waals surface area contributed by atoms with E-state index in [9.17, 15) is 14.4 Å². The van der Waals surface area contributed by atoms with Gasteiger partial charge in [-0.3, -0.25) is 14.9 Å². The van der Waals surface area contributed by atoms with Crippen LogP contribution in [0.5, 0.6) is 0 Å². The normalized spacial score (nSPS) is 23.8. The molecule has 3 rings (SSSR count). The van der Waals surface area contributed by atoms with Gasteiger partial charge in [0.15, 0.2) is 0 Å². The summed E-state index contributed by atoms with van der Waals surface area (Å²) < 4.78 is 0. The zero-order valence-corrected chi connectivity index (χ0v) is 11.8. The summed E-state index contributed by atoms with van der Waals surface area (Å²) in [5.41, 5.74) is 2.13. The van der Waals surface area contributed by atoms with Crippen LogP contribution in [0, 0.1) is 0 Å². The second-order valence-electron chi connectivity index (χ2n) is 5.52. The third-order valence-electron chi connectivity index (χ3n) is 4.02. The number of amides is 4. The Kier molecular flexibility index (Phi) is 3.37. The van der Waals surface area contributed by atoms with Crippen LogP contribution >= 0.6 is 0 Å². The third-order valence-corrected chi connectivity index (χ3v) is 4.02. The molecule has 6 heteroatoms. The van der Waals surface area contributed by atoms with E-state index in [2.05, 4.69) is 17.6 Å². The molecule has 0 spiro atoms. The first kappa shape index (κ1) is 13.6. The van der Waals surface area contributed by atoms with Crippen LogP contribution in [0.15, 0.2) is 24.3 Å². The minimum Gasteiger partial charge on any atom is -0.326 e. The number of nitrogens with one attached hydrogen (secondary N) is 2. The Morgan fingerprint density at radius 2 is 2.10 bits per heavy atom. The average Bonchev–Trinajstić information content (AvgIpc) is 2.97. The molecule has 110 valence electrons. The number of imide groups is 1. The van der Waals surface area contributed by atoms with Crippen molar-refractivity contribution in [2.75, 3.05) is 11.4 Å². The average molecular weight is 287 g/mol. The first-order valence-electron chi connectivity index (χ1n) is 7.07. The number of hydrogen-bond donors (Lipinski definition) is 2. The molecule has 2 N–H and O–H groups in total. The van der Waals surface area contributed by atoms with Gasteiger partial charge in [0.1, 0.15) is 6.04 Å². The zero-order chi connectivity index (χ0) is 15.0. The van der Waals surface area contributed by atoms with Gasteiger partial charge in [0.2, 0.25) is 5.91 Å². The van der Waals surface area contributed by atoms with Crippen molar-refractivity contribution in [2.45, 2.75) is 31.7 Å². The molecule has 1 aromatic carbocycles. The molecule has 1 fully saturated rings. The number of carbonyl (C=O) groups excluding carboxylic acids is 3. The molecule has 0 saturated carbocycles. The van der Waals surface area contributed by atoms with Crippen molar-refractivity contribution in [3.8, 4) is 0 Å². The van der Waals surface area contributed by atoms with Crippen molar-refractivity contribution in [1.29, 1.82) is 0 Å². The molecule has 0 aromatic heterocycles. The standard InChI is InChI=1S/C15H17N3O3/c1-9-8-18(12-5-3-2-4-10(9)12)13(19)7-6-11-14(20)17-15(21)16-11/h2-5,9,11H,6-8H2,1H3,(H2,16,17,20,21)/t9-,11+/m0/s1. The van der Waals surface area contributed by atoms with Crippen LogP contribution in [0.1, 0.15) is 31.2 Å². The molecule has 0 radical (unpaired) electrons. The van der Waals surface area contributed by atoms with E-state index < -0.39 is 12.1 Å². The van der Waals surface area contributed by atoms with E-state index in [1.807, 2.05) is 24.3 Å². The van der Waals surface area contributed by atoms with Gasteiger partial charge < -0.3 is 10.2 Å². The van der Waals surface area contributed by atoms with Gasteiger partial charge in [-0.25, -0.2) is 4.79 Å². The highest BCUT2D eigenvalue weighted by atomic mass is 16.2. The van der Waals surface area contributed by atoms with Gasteiger partial charge in [-0.1, -0.05) is 25.1 Å². The number of para-hydroxylation sites is 1. The Morgan fingerprint density at radius 3 is 2.81 bits per heavy atom. The van der Waals surface area contributed by atoms with Gasteiger partial charge in [-0.2, -0.15) is 0 Å². The van der Waals surface area contributed by atoms with E-state index in [1.54, 1.807) is 4.90 Å². The summed E-state index contributed by atoms with van der Waals surface area (Å²) in [5, 5.41) is 4.68. The SMILES string of the molecule is C[C@H]1CN(C(=O)CC[C@H]2NC(=O)NC2=O)c2ccccc21. The lowest BCUT2D eigenvalue weighted by Crippen LogP contribution is -2.34. The summed E-state index contributed by atoms with van der Waals surface area (Å²) in [4.78, 5) is 36.6. The molecule has 6 nitrogen and oxygen atoms in total. The lowest BCUT2D eigenvalue weighted by atomic mass is 10.0. The molecule has 2 atom stereocenters. The smallest absolute Gasteiger partial charge is 0.322 e. The maximum absolute atomic E-state index is 12.4. The van der Waals surface area contributed by atoms with Gasteiger partial charge >= 0.3 is 6.03 Å². The highest BCUT2D eigenvalue weighted by molar-refractivity contribution is 6.04. The number of carbonyl (C=O) groups is 3. The number of benzene rings is 1.